The summed E-state index contributed by atoms with van der Waals surface area (Å²) in [6.45, 7) is 7.07. The summed E-state index contributed by atoms with van der Waals surface area (Å²) < 4.78 is 24.5. The zero-order valence-corrected chi connectivity index (χ0v) is 10.5. The summed E-state index contributed by atoms with van der Waals surface area (Å²) in [5, 5.41) is 0. The second kappa shape index (κ2) is 4.94. The maximum atomic E-state index is 11.5. The topological polar surface area (TPSA) is 89.3 Å². The molecule has 15 heavy (non-hydrogen) atoms. The van der Waals surface area contributed by atoms with Crippen LogP contribution in [-0.4, -0.2) is 26.1 Å². The molecular formula is C9H20N2O3S. The molecule has 0 bridgehead atoms. The lowest BCUT2D eigenvalue weighted by Crippen LogP contribution is -2.50. The van der Waals surface area contributed by atoms with Gasteiger partial charge in [-0.25, -0.2) is 8.42 Å². The molecule has 3 N–H and O–H groups in total. The highest BCUT2D eigenvalue weighted by Gasteiger charge is 2.29. The van der Waals surface area contributed by atoms with E-state index in [1.807, 2.05) is 4.72 Å². The molecule has 0 aromatic carbocycles. The molecule has 0 rings (SSSR count). The molecule has 0 aliphatic carbocycles. The second-order valence-corrected chi connectivity index (χ2v) is 6.47. The summed E-state index contributed by atoms with van der Waals surface area (Å²) in [4.78, 5) is 11.5. The van der Waals surface area contributed by atoms with Crippen LogP contribution in [0.2, 0.25) is 0 Å². The van der Waals surface area contributed by atoms with E-state index in [0.29, 0.717) is 6.42 Å². The van der Waals surface area contributed by atoms with Crippen molar-refractivity contribution in [3.05, 3.63) is 0 Å². The number of nitrogens with two attached hydrogens (primary N) is 1. The van der Waals surface area contributed by atoms with Gasteiger partial charge in [0.1, 0.15) is 0 Å². The van der Waals surface area contributed by atoms with Gasteiger partial charge in [0, 0.05) is 0 Å². The fourth-order valence-corrected chi connectivity index (χ4v) is 2.00. The lowest BCUT2D eigenvalue weighted by Gasteiger charge is -2.25. The van der Waals surface area contributed by atoms with Crippen LogP contribution in [0, 0.1) is 5.41 Å². The van der Waals surface area contributed by atoms with E-state index in [1.54, 1.807) is 27.7 Å². The van der Waals surface area contributed by atoms with Crippen molar-refractivity contribution >= 4 is 15.9 Å². The smallest absolute Gasteiger partial charge is 0.250 e. The van der Waals surface area contributed by atoms with Crippen molar-refractivity contribution in [3.63, 3.8) is 0 Å². The molecule has 1 unspecified atom stereocenters. The van der Waals surface area contributed by atoms with E-state index in [-0.39, 0.29) is 5.75 Å². The number of hydrogen-bond donors (Lipinski definition) is 2. The van der Waals surface area contributed by atoms with Crippen LogP contribution in [0.3, 0.4) is 0 Å². The van der Waals surface area contributed by atoms with Crippen molar-refractivity contribution in [1.29, 1.82) is 0 Å². The van der Waals surface area contributed by atoms with Gasteiger partial charge in [-0.2, -0.15) is 0 Å². The van der Waals surface area contributed by atoms with Crippen LogP contribution in [0.1, 0.15) is 34.1 Å². The van der Waals surface area contributed by atoms with E-state index in [1.165, 1.54) is 0 Å². The maximum absolute atomic E-state index is 11.5. The number of carbonyl (C=O) groups is 1. The van der Waals surface area contributed by atoms with E-state index in [9.17, 15) is 13.2 Å². The van der Waals surface area contributed by atoms with Crippen molar-refractivity contribution in [2.45, 2.75) is 40.2 Å². The number of carbonyl (C=O) groups excluding carboxylic acids is 1. The predicted molar refractivity (Wildman–Crippen MR) is 59.7 cm³/mol. The van der Waals surface area contributed by atoms with Crippen molar-refractivity contribution in [1.82, 2.24) is 4.72 Å². The predicted octanol–water partition coefficient (Wildman–Crippen LogP) is 0.216. The average Bonchev–Trinajstić information content (AvgIpc) is 1.99. The van der Waals surface area contributed by atoms with Crippen LogP contribution in [-0.2, 0) is 14.8 Å². The zero-order valence-electron chi connectivity index (χ0n) is 9.70. The molecule has 0 aromatic rings. The highest BCUT2D eigenvalue weighted by atomic mass is 32.2. The molecule has 0 radical (unpaired) electrons. The van der Waals surface area contributed by atoms with Crippen LogP contribution in [0.15, 0.2) is 0 Å². The Morgan fingerprint density at radius 2 is 1.87 bits per heavy atom. The van der Waals surface area contributed by atoms with Crippen LogP contribution in [0.4, 0.5) is 0 Å². The lowest BCUT2D eigenvalue weighted by atomic mass is 9.87. The summed E-state index contributed by atoms with van der Waals surface area (Å²) in [6.07, 6.45) is 0.466. The Morgan fingerprint density at radius 3 is 2.20 bits per heavy atom. The van der Waals surface area contributed by atoms with E-state index < -0.39 is 27.4 Å². The first-order valence-corrected chi connectivity index (χ1v) is 6.55. The van der Waals surface area contributed by atoms with Crippen LogP contribution >= 0.6 is 0 Å². The molecule has 1 amide bonds. The van der Waals surface area contributed by atoms with Gasteiger partial charge < -0.3 is 5.73 Å². The minimum atomic E-state index is -3.52. The van der Waals surface area contributed by atoms with E-state index in [4.69, 9.17) is 5.73 Å². The minimum Gasteiger partial charge on any atom is -0.319 e. The first-order chi connectivity index (χ1) is 6.60. The summed E-state index contributed by atoms with van der Waals surface area (Å²) in [5.41, 5.74) is 5.17. The van der Waals surface area contributed by atoms with Gasteiger partial charge in [0.15, 0.2) is 0 Å². The average molecular weight is 236 g/mol. The number of sulfonamides is 1. The molecular weight excluding hydrogens is 216 g/mol. The summed E-state index contributed by atoms with van der Waals surface area (Å²) >= 11 is 0. The van der Waals surface area contributed by atoms with Gasteiger partial charge in [0.2, 0.25) is 10.0 Å². The molecule has 0 aliphatic heterocycles. The van der Waals surface area contributed by atoms with Gasteiger partial charge in [0.05, 0.1) is 11.8 Å². The maximum Gasteiger partial charge on any atom is 0.250 e. The van der Waals surface area contributed by atoms with Crippen molar-refractivity contribution in [2.24, 2.45) is 11.1 Å². The largest absolute Gasteiger partial charge is 0.319 e. The quantitative estimate of drug-likeness (QED) is 0.730. The number of amides is 1. The molecule has 1 atom stereocenters. The van der Waals surface area contributed by atoms with Crippen molar-refractivity contribution in [3.8, 4) is 0 Å². The Morgan fingerprint density at radius 1 is 1.40 bits per heavy atom. The Balaban J connectivity index is 4.52. The number of hydrogen-bond acceptors (Lipinski definition) is 4. The SMILES string of the molecule is CCCS(=O)(=O)NC(=O)C(N)C(C)(C)C. The first-order valence-electron chi connectivity index (χ1n) is 4.90. The van der Waals surface area contributed by atoms with E-state index in [0.717, 1.165) is 0 Å². The third kappa shape index (κ3) is 5.13. The Bertz CT molecular complexity index is 317. The Labute approximate surface area is 91.5 Å². The fourth-order valence-electron chi connectivity index (χ4n) is 0.930. The number of rotatable bonds is 4. The van der Waals surface area contributed by atoms with Gasteiger partial charge in [-0.1, -0.05) is 27.7 Å². The molecule has 90 valence electrons. The highest BCUT2D eigenvalue weighted by molar-refractivity contribution is 7.90. The van der Waals surface area contributed by atoms with Crippen molar-refractivity contribution < 1.29 is 13.2 Å². The van der Waals surface area contributed by atoms with E-state index in [2.05, 4.69) is 0 Å². The monoisotopic (exact) mass is 236 g/mol. The van der Waals surface area contributed by atoms with Gasteiger partial charge >= 0.3 is 0 Å². The molecule has 0 aliphatic rings. The normalized spacial score (nSPS) is 14.7. The summed E-state index contributed by atoms with van der Waals surface area (Å²) in [6, 6.07) is -0.830. The van der Waals surface area contributed by atoms with Gasteiger partial charge in [-0.15, -0.1) is 0 Å². The third-order valence-electron chi connectivity index (χ3n) is 1.94. The summed E-state index contributed by atoms with van der Waals surface area (Å²) in [5.74, 6) is -0.703. The minimum absolute atomic E-state index is 0.0599. The molecule has 0 saturated carbocycles. The molecule has 0 spiro atoms. The Kier molecular flexibility index (Phi) is 4.73. The Hall–Kier alpha value is -0.620. The molecule has 0 saturated heterocycles. The van der Waals surface area contributed by atoms with Gasteiger partial charge in [0.25, 0.3) is 5.91 Å². The molecule has 0 aromatic heterocycles. The molecule has 0 heterocycles. The second-order valence-electron chi connectivity index (χ2n) is 4.63. The van der Waals surface area contributed by atoms with Gasteiger partial charge in [-0.05, 0) is 11.8 Å². The van der Waals surface area contributed by atoms with E-state index >= 15 is 0 Å². The first kappa shape index (κ1) is 14.4. The fraction of sp³-hybridized carbons (Fsp3) is 0.889. The molecule has 5 nitrogen and oxygen atoms in total. The van der Waals surface area contributed by atoms with Crippen LogP contribution in [0.25, 0.3) is 0 Å². The molecule has 6 heteroatoms. The van der Waals surface area contributed by atoms with Crippen LogP contribution < -0.4 is 10.5 Å². The third-order valence-corrected chi connectivity index (χ3v) is 3.40. The molecule has 0 fully saturated rings. The standard InChI is InChI=1S/C9H20N2O3S/c1-5-6-15(13,14)11-8(12)7(10)9(2,3)4/h7H,5-6,10H2,1-4H3,(H,11,12). The number of nitrogens with one attached hydrogen (secondary N) is 1. The highest BCUT2D eigenvalue weighted by Crippen LogP contribution is 2.17. The summed E-state index contributed by atoms with van der Waals surface area (Å²) in [7, 11) is -3.52. The van der Waals surface area contributed by atoms with Crippen LogP contribution in [0.5, 0.6) is 0 Å². The zero-order chi connectivity index (χ0) is 12.3. The van der Waals surface area contributed by atoms with Crippen molar-refractivity contribution in [2.75, 3.05) is 5.75 Å². The van der Waals surface area contributed by atoms with Gasteiger partial charge in [-0.3, -0.25) is 9.52 Å². The lowest BCUT2D eigenvalue weighted by molar-refractivity contribution is -0.122.